The maximum absolute atomic E-state index is 12.3. The number of anilines is 1. The first-order chi connectivity index (χ1) is 15.4. The van der Waals surface area contributed by atoms with Crippen molar-refractivity contribution in [2.75, 3.05) is 19.0 Å². The van der Waals surface area contributed by atoms with Crippen molar-refractivity contribution in [1.82, 2.24) is 15.5 Å². The van der Waals surface area contributed by atoms with Gasteiger partial charge in [0.1, 0.15) is 17.6 Å². The highest BCUT2D eigenvalue weighted by Crippen LogP contribution is 2.35. The Hall–Kier alpha value is -3.56. The molecule has 1 aliphatic rings. The number of H-pyrrole nitrogens is 1. The molecule has 1 saturated carbocycles. The number of aromatic amines is 1. The number of benzene rings is 1. The van der Waals surface area contributed by atoms with E-state index in [1.165, 1.54) is 7.11 Å². The van der Waals surface area contributed by atoms with Gasteiger partial charge in [-0.3, -0.25) is 14.7 Å². The number of ether oxygens (including phenoxy) is 3. The summed E-state index contributed by atoms with van der Waals surface area (Å²) < 4.78 is 16.0. The van der Waals surface area contributed by atoms with E-state index in [2.05, 4.69) is 20.8 Å². The Morgan fingerprint density at radius 3 is 2.78 bits per heavy atom. The number of nitrogens with one attached hydrogen (secondary N) is 3. The van der Waals surface area contributed by atoms with Gasteiger partial charge in [-0.2, -0.15) is 5.10 Å². The summed E-state index contributed by atoms with van der Waals surface area (Å²) in [7, 11) is 1.45. The lowest BCUT2D eigenvalue weighted by Crippen LogP contribution is -2.33. The quantitative estimate of drug-likeness (QED) is 0.507. The molecule has 172 valence electrons. The van der Waals surface area contributed by atoms with Crippen molar-refractivity contribution in [2.24, 2.45) is 0 Å². The van der Waals surface area contributed by atoms with E-state index in [4.69, 9.17) is 14.2 Å². The lowest BCUT2D eigenvalue weighted by Gasteiger charge is -2.14. The SMILES string of the molecule is COc1cccc(OCC(=O)Nc2cc(C3CC[C@@H](OC(=O)NC(C)C)C3)[nH]n2)c1C=O. The molecule has 3 N–H and O–H groups in total. The van der Waals surface area contributed by atoms with Crippen LogP contribution in [0.2, 0.25) is 0 Å². The maximum atomic E-state index is 12.3. The van der Waals surface area contributed by atoms with Crippen LogP contribution in [-0.2, 0) is 9.53 Å². The molecule has 2 atom stereocenters. The van der Waals surface area contributed by atoms with Crippen LogP contribution in [0.1, 0.15) is 55.1 Å². The molecule has 1 fully saturated rings. The average Bonchev–Trinajstić information content (AvgIpc) is 3.40. The van der Waals surface area contributed by atoms with E-state index in [0.29, 0.717) is 24.3 Å². The lowest BCUT2D eigenvalue weighted by molar-refractivity contribution is -0.118. The minimum absolute atomic E-state index is 0.0244. The molecule has 1 aromatic heterocycles. The molecular weight excluding hydrogens is 416 g/mol. The number of rotatable bonds is 9. The molecular formula is C22H28N4O6. The number of hydrogen-bond acceptors (Lipinski definition) is 7. The number of methoxy groups -OCH3 is 1. The van der Waals surface area contributed by atoms with Crippen molar-refractivity contribution in [3.63, 3.8) is 0 Å². The summed E-state index contributed by atoms with van der Waals surface area (Å²) in [6.45, 7) is 3.46. The fraction of sp³-hybridized carbons (Fsp3) is 0.455. The van der Waals surface area contributed by atoms with Crippen molar-refractivity contribution >= 4 is 24.1 Å². The average molecular weight is 444 g/mol. The number of hydrogen-bond donors (Lipinski definition) is 3. The van der Waals surface area contributed by atoms with Gasteiger partial charge in [-0.05, 0) is 45.2 Å². The van der Waals surface area contributed by atoms with E-state index in [9.17, 15) is 14.4 Å². The zero-order valence-corrected chi connectivity index (χ0v) is 18.3. The van der Waals surface area contributed by atoms with Crippen LogP contribution in [0.5, 0.6) is 11.5 Å². The topological polar surface area (TPSA) is 132 Å². The van der Waals surface area contributed by atoms with Gasteiger partial charge < -0.3 is 24.8 Å². The first-order valence-electron chi connectivity index (χ1n) is 10.5. The summed E-state index contributed by atoms with van der Waals surface area (Å²) in [5.74, 6) is 0.747. The Morgan fingerprint density at radius 2 is 2.06 bits per heavy atom. The van der Waals surface area contributed by atoms with Crippen molar-refractivity contribution in [1.29, 1.82) is 0 Å². The van der Waals surface area contributed by atoms with Gasteiger partial charge in [-0.15, -0.1) is 0 Å². The van der Waals surface area contributed by atoms with Gasteiger partial charge in [0.05, 0.1) is 12.7 Å². The number of alkyl carbamates (subject to hydrolysis) is 1. The highest BCUT2D eigenvalue weighted by atomic mass is 16.6. The third-order valence-corrected chi connectivity index (χ3v) is 5.09. The molecule has 0 bridgehead atoms. The van der Waals surface area contributed by atoms with Gasteiger partial charge in [0.15, 0.2) is 18.7 Å². The number of aromatic nitrogens is 2. The molecule has 32 heavy (non-hydrogen) atoms. The van der Waals surface area contributed by atoms with Gasteiger partial charge in [-0.1, -0.05) is 6.07 Å². The smallest absolute Gasteiger partial charge is 0.407 e. The van der Waals surface area contributed by atoms with Crippen LogP contribution in [0.4, 0.5) is 10.6 Å². The van der Waals surface area contributed by atoms with E-state index in [1.807, 2.05) is 13.8 Å². The van der Waals surface area contributed by atoms with Gasteiger partial charge in [-0.25, -0.2) is 4.79 Å². The summed E-state index contributed by atoms with van der Waals surface area (Å²) in [5.41, 5.74) is 1.11. The first kappa shape index (κ1) is 23.1. The predicted molar refractivity (Wildman–Crippen MR) is 116 cm³/mol. The Bertz CT molecular complexity index is 958. The molecule has 1 aromatic carbocycles. The molecule has 0 radical (unpaired) electrons. The summed E-state index contributed by atoms with van der Waals surface area (Å²) in [5, 5.41) is 12.5. The van der Waals surface area contributed by atoms with Gasteiger partial charge >= 0.3 is 6.09 Å². The van der Waals surface area contributed by atoms with E-state index in [-0.39, 0.29) is 36.0 Å². The monoisotopic (exact) mass is 444 g/mol. The van der Waals surface area contributed by atoms with Crippen LogP contribution in [0.25, 0.3) is 0 Å². The largest absolute Gasteiger partial charge is 0.496 e. The van der Waals surface area contributed by atoms with Gasteiger partial charge in [0.2, 0.25) is 0 Å². The Morgan fingerprint density at radius 1 is 1.28 bits per heavy atom. The van der Waals surface area contributed by atoms with E-state index < -0.39 is 12.0 Å². The molecule has 3 rings (SSSR count). The Labute approximate surface area is 186 Å². The normalized spacial score (nSPS) is 17.6. The molecule has 0 spiro atoms. The highest BCUT2D eigenvalue weighted by Gasteiger charge is 2.30. The summed E-state index contributed by atoms with van der Waals surface area (Å²) in [6.07, 6.45) is 2.37. The van der Waals surface area contributed by atoms with Crippen molar-refractivity contribution in [3.8, 4) is 11.5 Å². The van der Waals surface area contributed by atoms with Crippen molar-refractivity contribution in [3.05, 3.63) is 35.5 Å². The molecule has 10 heteroatoms. The number of amides is 2. The van der Waals surface area contributed by atoms with Crippen LogP contribution >= 0.6 is 0 Å². The molecule has 0 aliphatic heterocycles. The molecule has 2 amide bonds. The van der Waals surface area contributed by atoms with Crippen LogP contribution in [-0.4, -0.2) is 54.3 Å². The van der Waals surface area contributed by atoms with Crippen molar-refractivity contribution in [2.45, 2.75) is 51.2 Å². The lowest BCUT2D eigenvalue weighted by atomic mass is 10.0. The zero-order chi connectivity index (χ0) is 23.1. The number of aldehydes is 1. The number of carbonyl (C=O) groups is 3. The maximum Gasteiger partial charge on any atom is 0.407 e. The van der Waals surface area contributed by atoms with E-state index >= 15 is 0 Å². The summed E-state index contributed by atoms with van der Waals surface area (Å²) in [6, 6.07) is 6.69. The molecule has 1 heterocycles. The second-order valence-electron chi connectivity index (χ2n) is 7.87. The molecule has 10 nitrogen and oxygen atoms in total. The van der Waals surface area contributed by atoms with Gasteiger partial charge in [0, 0.05) is 23.7 Å². The second-order valence-corrected chi connectivity index (χ2v) is 7.87. The Kier molecular flexibility index (Phi) is 7.69. The first-order valence-corrected chi connectivity index (χ1v) is 10.5. The minimum Gasteiger partial charge on any atom is -0.496 e. The van der Waals surface area contributed by atoms with Crippen LogP contribution in [0, 0.1) is 0 Å². The van der Waals surface area contributed by atoms with Crippen LogP contribution in [0.3, 0.4) is 0 Å². The zero-order valence-electron chi connectivity index (χ0n) is 18.3. The molecule has 2 aromatic rings. The van der Waals surface area contributed by atoms with Gasteiger partial charge in [0.25, 0.3) is 5.91 Å². The van der Waals surface area contributed by atoms with Crippen LogP contribution in [0.15, 0.2) is 24.3 Å². The van der Waals surface area contributed by atoms with Crippen molar-refractivity contribution < 1.29 is 28.6 Å². The predicted octanol–water partition coefficient (Wildman–Crippen LogP) is 3.02. The third-order valence-electron chi connectivity index (χ3n) is 5.09. The summed E-state index contributed by atoms with van der Waals surface area (Å²) >= 11 is 0. The second kappa shape index (κ2) is 10.7. The van der Waals surface area contributed by atoms with E-state index in [0.717, 1.165) is 18.5 Å². The minimum atomic E-state index is -0.416. The van der Waals surface area contributed by atoms with E-state index in [1.54, 1.807) is 24.3 Å². The number of carbonyl (C=O) groups excluding carboxylic acids is 3. The molecule has 1 unspecified atom stereocenters. The standard InChI is InChI=1S/C22H28N4O6/c1-13(2)23-22(29)32-15-8-7-14(9-15)17-10-20(26-25-17)24-21(28)12-31-19-6-4-5-18(30-3)16(19)11-27/h4-6,10-11,13-15H,7-9,12H2,1-3H3,(H,23,29)(H2,24,25,26,28)/t14?,15-/m1/s1. The third kappa shape index (κ3) is 5.99. The summed E-state index contributed by atoms with van der Waals surface area (Å²) in [4.78, 5) is 35.3. The fourth-order valence-corrected chi connectivity index (χ4v) is 3.63. The number of nitrogens with zero attached hydrogens (tertiary/aromatic N) is 1. The highest BCUT2D eigenvalue weighted by molar-refractivity contribution is 5.91. The molecule has 0 saturated heterocycles. The van der Waals surface area contributed by atoms with Crippen LogP contribution < -0.4 is 20.1 Å². The fourth-order valence-electron chi connectivity index (χ4n) is 3.63. The Balaban J connectivity index is 1.50. The molecule has 1 aliphatic carbocycles.